The summed E-state index contributed by atoms with van der Waals surface area (Å²) in [7, 11) is 2.05. The zero-order valence-electron chi connectivity index (χ0n) is 15.1. The minimum Gasteiger partial charge on any atom is -0.394 e. The Morgan fingerprint density at radius 1 is 1.24 bits per heavy atom. The fourth-order valence-electron chi connectivity index (χ4n) is 2.93. The Kier molecular flexibility index (Phi) is 7.67. The molecule has 0 aromatic rings. The van der Waals surface area contributed by atoms with E-state index in [0.29, 0.717) is 6.54 Å². The molecular weight excluding hydrogens is 324 g/mol. The standard InChI is InChI=1S/C17H30N4O4/c1-3-6-18-17(24)19-14-5-4-13(25-15(14)12-22)11-16(23)21-9-7-20(2)8-10-21/h4-5,13-15,22H,3,6-12H2,1-2H3,(H2,18,19,24)/t13-,14-,15-/m0/s1. The van der Waals surface area contributed by atoms with Crippen LogP contribution in [0.5, 0.6) is 0 Å². The molecule has 2 aliphatic rings. The van der Waals surface area contributed by atoms with Crippen molar-refractivity contribution in [3.63, 3.8) is 0 Å². The quantitative estimate of drug-likeness (QED) is 0.562. The molecule has 1 saturated heterocycles. The van der Waals surface area contributed by atoms with Gasteiger partial charge in [0.2, 0.25) is 5.91 Å². The van der Waals surface area contributed by atoms with Crippen LogP contribution in [0.1, 0.15) is 19.8 Å². The second kappa shape index (κ2) is 9.74. The van der Waals surface area contributed by atoms with Crippen LogP contribution >= 0.6 is 0 Å². The third-order valence-electron chi connectivity index (χ3n) is 4.53. The molecule has 142 valence electrons. The number of amides is 3. The minimum atomic E-state index is -0.553. The summed E-state index contributed by atoms with van der Waals surface area (Å²) in [6.45, 7) is 5.57. The first kappa shape index (κ1) is 19.7. The van der Waals surface area contributed by atoms with Gasteiger partial charge in [0.1, 0.15) is 6.10 Å². The van der Waals surface area contributed by atoms with Gasteiger partial charge in [-0.15, -0.1) is 0 Å². The highest BCUT2D eigenvalue weighted by Gasteiger charge is 2.30. The molecule has 0 aromatic heterocycles. The van der Waals surface area contributed by atoms with Gasteiger partial charge in [0.05, 0.1) is 25.2 Å². The van der Waals surface area contributed by atoms with Gasteiger partial charge in [0.25, 0.3) is 0 Å². The Bertz CT molecular complexity index is 477. The minimum absolute atomic E-state index is 0.0616. The smallest absolute Gasteiger partial charge is 0.315 e. The number of piperazine rings is 1. The molecule has 3 N–H and O–H groups in total. The second-order valence-electron chi connectivity index (χ2n) is 6.59. The van der Waals surface area contributed by atoms with Crippen LogP contribution in [0.15, 0.2) is 12.2 Å². The van der Waals surface area contributed by atoms with Crippen LogP contribution in [0, 0.1) is 0 Å². The van der Waals surface area contributed by atoms with E-state index < -0.39 is 12.1 Å². The number of ether oxygens (including phenoxy) is 1. The van der Waals surface area contributed by atoms with Crippen LogP contribution in [0.3, 0.4) is 0 Å². The largest absolute Gasteiger partial charge is 0.394 e. The molecule has 0 saturated carbocycles. The van der Waals surface area contributed by atoms with Crippen LogP contribution < -0.4 is 10.6 Å². The number of rotatable bonds is 6. The summed E-state index contributed by atoms with van der Waals surface area (Å²) in [4.78, 5) is 28.2. The highest BCUT2D eigenvalue weighted by molar-refractivity contribution is 5.77. The molecule has 3 atom stereocenters. The van der Waals surface area contributed by atoms with Gasteiger partial charge in [0.15, 0.2) is 0 Å². The monoisotopic (exact) mass is 354 g/mol. The molecule has 8 nitrogen and oxygen atoms in total. The van der Waals surface area contributed by atoms with Crippen LogP contribution in [-0.2, 0) is 9.53 Å². The number of carbonyl (C=O) groups excluding carboxylic acids is 2. The second-order valence-corrected chi connectivity index (χ2v) is 6.59. The maximum absolute atomic E-state index is 12.4. The molecule has 1 fully saturated rings. The molecule has 2 heterocycles. The van der Waals surface area contributed by atoms with E-state index in [1.807, 2.05) is 18.9 Å². The van der Waals surface area contributed by atoms with Gasteiger partial charge in [-0.1, -0.05) is 19.1 Å². The lowest BCUT2D eigenvalue weighted by Crippen LogP contribution is -2.52. The summed E-state index contributed by atoms with van der Waals surface area (Å²) >= 11 is 0. The summed E-state index contributed by atoms with van der Waals surface area (Å²) in [6, 6.07) is -0.692. The van der Waals surface area contributed by atoms with Crippen LogP contribution in [0.2, 0.25) is 0 Å². The first-order chi connectivity index (χ1) is 12.0. The van der Waals surface area contributed by atoms with Gasteiger partial charge in [-0.3, -0.25) is 4.79 Å². The van der Waals surface area contributed by atoms with Gasteiger partial charge >= 0.3 is 6.03 Å². The maximum atomic E-state index is 12.4. The summed E-state index contributed by atoms with van der Waals surface area (Å²) in [5.74, 6) is 0.0616. The molecule has 8 heteroatoms. The van der Waals surface area contributed by atoms with E-state index in [1.54, 1.807) is 12.2 Å². The van der Waals surface area contributed by atoms with Crippen molar-refractivity contribution in [1.82, 2.24) is 20.4 Å². The Hall–Kier alpha value is -1.64. The SMILES string of the molecule is CCCNC(=O)N[C@H]1C=C[C@@H](CC(=O)N2CCN(C)CC2)O[C@H]1CO. The first-order valence-corrected chi connectivity index (χ1v) is 8.98. The Morgan fingerprint density at radius 2 is 1.96 bits per heavy atom. The highest BCUT2D eigenvalue weighted by Crippen LogP contribution is 2.17. The maximum Gasteiger partial charge on any atom is 0.315 e. The molecule has 0 unspecified atom stereocenters. The van der Waals surface area contributed by atoms with E-state index in [1.165, 1.54) is 0 Å². The van der Waals surface area contributed by atoms with Crippen molar-refractivity contribution in [2.24, 2.45) is 0 Å². The first-order valence-electron chi connectivity index (χ1n) is 8.98. The topological polar surface area (TPSA) is 94.1 Å². The number of urea groups is 1. The number of hydrogen-bond acceptors (Lipinski definition) is 5. The number of nitrogens with one attached hydrogen (secondary N) is 2. The summed E-state index contributed by atoms with van der Waals surface area (Å²) in [6.07, 6.45) is 3.78. The average Bonchev–Trinajstić information content (AvgIpc) is 2.61. The summed E-state index contributed by atoms with van der Waals surface area (Å²) in [5.41, 5.74) is 0. The van der Waals surface area contributed by atoms with Crippen molar-refractivity contribution in [3.8, 4) is 0 Å². The van der Waals surface area contributed by atoms with Crippen LogP contribution in [-0.4, -0.2) is 91.5 Å². The van der Waals surface area contributed by atoms with E-state index in [9.17, 15) is 14.7 Å². The Balaban J connectivity index is 1.84. The summed E-state index contributed by atoms with van der Waals surface area (Å²) in [5, 5.41) is 15.1. The van der Waals surface area contributed by atoms with Gasteiger partial charge in [-0.05, 0) is 13.5 Å². The number of likely N-dealkylation sites (N-methyl/N-ethyl adjacent to an activating group) is 1. The Labute approximate surface area is 149 Å². The van der Waals surface area contributed by atoms with E-state index >= 15 is 0 Å². The molecule has 2 aliphatic heterocycles. The number of aliphatic hydroxyl groups is 1. The van der Waals surface area contributed by atoms with Crippen molar-refractivity contribution < 1.29 is 19.4 Å². The molecule has 2 rings (SSSR count). The van der Waals surface area contributed by atoms with Crippen molar-refractivity contribution in [3.05, 3.63) is 12.2 Å². The van der Waals surface area contributed by atoms with Gasteiger partial charge in [-0.25, -0.2) is 4.79 Å². The van der Waals surface area contributed by atoms with Gasteiger partial charge in [-0.2, -0.15) is 0 Å². The highest BCUT2D eigenvalue weighted by atomic mass is 16.5. The van der Waals surface area contributed by atoms with Gasteiger partial charge in [0, 0.05) is 32.7 Å². The zero-order chi connectivity index (χ0) is 18.2. The van der Waals surface area contributed by atoms with Crippen molar-refractivity contribution in [2.45, 2.75) is 38.0 Å². The lowest BCUT2D eigenvalue weighted by molar-refractivity contribution is -0.137. The normalized spacial score (nSPS) is 27.2. The molecule has 0 aromatic carbocycles. The van der Waals surface area contributed by atoms with Crippen LogP contribution in [0.25, 0.3) is 0 Å². The summed E-state index contributed by atoms with van der Waals surface area (Å²) < 4.78 is 5.80. The lowest BCUT2D eigenvalue weighted by Gasteiger charge is -2.35. The van der Waals surface area contributed by atoms with Crippen molar-refractivity contribution >= 4 is 11.9 Å². The van der Waals surface area contributed by atoms with E-state index in [4.69, 9.17) is 4.74 Å². The van der Waals surface area contributed by atoms with E-state index in [-0.39, 0.29) is 31.1 Å². The number of carbonyl (C=O) groups is 2. The molecule has 3 amide bonds. The third kappa shape index (κ3) is 5.98. The number of hydrogen-bond donors (Lipinski definition) is 3. The van der Waals surface area contributed by atoms with Crippen LogP contribution in [0.4, 0.5) is 4.79 Å². The lowest BCUT2D eigenvalue weighted by atomic mass is 10.0. The molecule has 0 radical (unpaired) electrons. The molecule has 0 aliphatic carbocycles. The molecule has 0 spiro atoms. The predicted octanol–water partition coefficient (Wildman–Crippen LogP) is -0.456. The number of nitrogens with zero attached hydrogens (tertiary/aromatic N) is 2. The van der Waals surface area contributed by atoms with Crippen molar-refractivity contribution in [2.75, 3.05) is 46.4 Å². The molecular formula is C17H30N4O4. The number of aliphatic hydroxyl groups excluding tert-OH is 1. The third-order valence-corrected chi connectivity index (χ3v) is 4.53. The van der Waals surface area contributed by atoms with E-state index in [2.05, 4.69) is 15.5 Å². The van der Waals surface area contributed by atoms with Crippen molar-refractivity contribution in [1.29, 1.82) is 0 Å². The Morgan fingerprint density at radius 3 is 2.60 bits per heavy atom. The molecule has 25 heavy (non-hydrogen) atoms. The predicted molar refractivity (Wildman–Crippen MR) is 94.2 cm³/mol. The average molecular weight is 354 g/mol. The fraction of sp³-hybridized carbons (Fsp3) is 0.765. The zero-order valence-corrected chi connectivity index (χ0v) is 15.1. The molecule has 0 bridgehead atoms. The van der Waals surface area contributed by atoms with E-state index in [0.717, 1.165) is 32.6 Å². The fourth-order valence-corrected chi connectivity index (χ4v) is 2.93. The van der Waals surface area contributed by atoms with Gasteiger partial charge < -0.3 is 30.3 Å².